The van der Waals surface area contributed by atoms with Crippen LogP contribution in [0.1, 0.15) is 16.0 Å². The van der Waals surface area contributed by atoms with Gasteiger partial charge in [-0.3, -0.25) is 4.72 Å². The predicted molar refractivity (Wildman–Crippen MR) is 84.7 cm³/mol. The highest BCUT2D eigenvalue weighted by molar-refractivity contribution is 9.10. The molecule has 2 N–H and O–H groups in total. The first kappa shape index (κ1) is 15.5. The number of aryl methyl sites for hydroxylation is 2. The Morgan fingerprint density at radius 1 is 1.25 bits per heavy atom. The van der Waals surface area contributed by atoms with E-state index in [1.165, 1.54) is 6.07 Å². The predicted octanol–water partition coefficient (Wildman–Crippen LogP) is 3.42. The summed E-state index contributed by atoms with van der Waals surface area (Å²) < 4.78 is 28.2. The zero-order valence-electron chi connectivity index (χ0n) is 11.0. The Labute approximate surface area is 130 Å². The molecule has 0 amide bonds. The third kappa shape index (κ3) is 3.22. The Morgan fingerprint density at radius 3 is 2.35 bits per heavy atom. The Bertz CT molecular complexity index is 715. The van der Waals surface area contributed by atoms with Crippen LogP contribution in [0.2, 0.25) is 0 Å². The van der Waals surface area contributed by atoms with Crippen molar-refractivity contribution in [2.24, 2.45) is 0 Å². The molecule has 0 aliphatic carbocycles. The molecule has 0 saturated carbocycles. The Kier molecular flexibility index (Phi) is 4.53. The molecule has 1 aromatic heterocycles. The second kappa shape index (κ2) is 5.85. The lowest BCUT2D eigenvalue weighted by Crippen LogP contribution is -2.11. The smallest absolute Gasteiger partial charge is 0.271 e. The highest BCUT2D eigenvalue weighted by Crippen LogP contribution is 2.28. The van der Waals surface area contributed by atoms with Gasteiger partial charge in [-0.15, -0.1) is 11.3 Å². The molecule has 0 saturated heterocycles. The van der Waals surface area contributed by atoms with Gasteiger partial charge in [-0.05, 0) is 49.2 Å². The van der Waals surface area contributed by atoms with E-state index >= 15 is 0 Å². The summed E-state index contributed by atoms with van der Waals surface area (Å²) in [6.45, 7) is 3.66. The Balaban J connectivity index is 2.33. The minimum Gasteiger partial charge on any atom is -0.391 e. The van der Waals surface area contributed by atoms with E-state index in [1.807, 2.05) is 13.8 Å². The van der Waals surface area contributed by atoms with E-state index in [9.17, 15) is 8.42 Å². The second-order valence-corrected chi connectivity index (χ2v) is 8.28. The Hall–Kier alpha value is -0.890. The summed E-state index contributed by atoms with van der Waals surface area (Å²) in [5, 5.41) is 9.00. The van der Waals surface area contributed by atoms with Gasteiger partial charge >= 0.3 is 0 Å². The molecule has 0 spiro atoms. The first-order valence-corrected chi connectivity index (χ1v) is 8.92. The van der Waals surface area contributed by atoms with E-state index in [2.05, 4.69) is 20.7 Å². The first-order valence-electron chi connectivity index (χ1n) is 5.82. The van der Waals surface area contributed by atoms with E-state index in [1.54, 1.807) is 18.2 Å². The van der Waals surface area contributed by atoms with E-state index in [0.29, 0.717) is 10.6 Å². The summed E-state index contributed by atoms with van der Waals surface area (Å²) in [5.41, 5.74) is 2.46. The number of thiophene rings is 1. The standard InChI is InChI=1S/C13H14BrNO3S2/c1-8-5-10(6-9(2)13(8)14)15-20(17,18)12-4-3-11(7-16)19-12/h3-6,15-16H,7H2,1-2H3. The average molecular weight is 376 g/mol. The number of aliphatic hydroxyl groups excluding tert-OH is 1. The molecular weight excluding hydrogens is 362 g/mol. The van der Waals surface area contributed by atoms with E-state index in [4.69, 9.17) is 5.11 Å². The zero-order chi connectivity index (χ0) is 14.9. The quantitative estimate of drug-likeness (QED) is 0.859. The number of benzene rings is 1. The third-order valence-electron chi connectivity index (χ3n) is 2.75. The molecule has 1 heterocycles. The maximum atomic E-state index is 12.2. The van der Waals surface area contributed by atoms with Crippen LogP contribution >= 0.6 is 27.3 Å². The van der Waals surface area contributed by atoms with Crippen LogP contribution in [0.25, 0.3) is 0 Å². The monoisotopic (exact) mass is 375 g/mol. The maximum absolute atomic E-state index is 12.2. The number of sulfonamides is 1. The second-order valence-electron chi connectivity index (χ2n) is 4.41. The largest absolute Gasteiger partial charge is 0.391 e. The lowest BCUT2D eigenvalue weighted by atomic mass is 10.1. The molecule has 0 aliphatic heterocycles. The van der Waals surface area contributed by atoms with Gasteiger partial charge in [0.05, 0.1) is 6.61 Å². The van der Waals surface area contributed by atoms with Crippen molar-refractivity contribution < 1.29 is 13.5 Å². The van der Waals surface area contributed by atoms with E-state index in [0.717, 1.165) is 26.9 Å². The zero-order valence-corrected chi connectivity index (χ0v) is 14.2. The maximum Gasteiger partial charge on any atom is 0.271 e. The van der Waals surface area contributed by atoms with Gasteiger partial charge in [0.2, 0.25) is 0 Å². The fourth-order valence-corrected chi connectivity index (χ4v) is 4.28. The highest BCUT2D eigenvalue weighted by atomic mass is 79.9. The summed E-state index contributed by atoms with van der Waals surface area (Å²) in [6, 6.07) is 6.65. The molecule has 0 aliphatic rings. The first-order chi connectivity index (χ1) is 9.33. The number of rotatable bonds is 4. The fourth-order valence-electron chi connectivity index (χ4n) is 1.80. The molecule has 0 atom stereocenters. The van der Waals surface area contributed by atoms with Crippen LogP contribution in [0.3, 0.4) is 0 Å². The Morgan fingerprint density at radius 2 is 1.85 bits per heavy atom. The molecule has 0 radical (unpaired) electrons. The van der Waals surface area contributed by atoms with Crippen molar-refractivity contribution in [1.82, 2.24) is 0 Å². The summed E-state index contributed by atoms with van der Waals surface area (Å²) in [5.74, 6) is 0. The van der Waals surface area contributed by atoms with Crippen molar-refractivity contribution in [2.45, 2.75) is 24.7 Å². The van der Waals surface area contributed by atoms with Crippen molar-refractivity contribution >= 4 is 43.0 Å². The number of nitrogens with one attached hydrogen (secondary N) is 1. The molecule has 7 heteroatoms. The molecule has 0 bridgehead atoms. The highest BCUT2D eigenvalue weighted by Gasteiger charge is 2.17. The van der Waals surface area contributed by atoms with Gasteiger partial charge in [0.1, 0.15) is 4.21 Å². The van der Waals surface area contributed by atoms with Crippen molar-refractivity contribution in [2.75, 3.05) is 4.72 Å². The number of hydrogen-bond acceptors (Lipinski definition) is 4. The molecule has 0 unspecified atom stereocenters. The molecule has 20 heavy (non-hydrogen) atoms. The topological polar surface area (TPSA) is 66.4 Å². The molecule has 4 nitrogen and oxygen atoms in total. The summed E-state index contributed by atoms with van der Waals surface area (Å²) in [7, 11) is -3.61. The van der Waals surface area contributed by atoms with Crippen molar-refractivity contribution in [3.63, 3.8) is 0 Å². The van der Waals surface area contributed by atoms with Crippen LogP contribution in [-0.2, 0) is 16.6 Å². The SMILES string of the molecule is Cc1cc(NS(=O)(=O)c2ccc(CO)s2)cc(C)c1Br. The van der Waals surface area contributed by atoms with E-state index < -0.39 is 10.0 Å². The van der Waals surface area contributed by atoms with Crippen LogP contribution in [0.15, 0.2) is 32.9 Å². The van der Waals surface area contributed by atoms with Crippen LogP contribution in [-0.4, -0.2) is 13.5 Å². The normalized spacial score (nSPS) is 11.6. The molecule has 108 valence electrons. The molecule has 0 fully saturated rings. The van der Waals surface area contributed by atoms with Gasteiger partial charge in [-0.2, -0.15) is 0 Å². The fraction of sp³-hybridized carbons (Fsp3) is 0.231. The molecular formula is C13H14BrNO3S2. The minimum absolute atomic E-state index is 0.156. The minimum atomic E-state index is -3.61. The summed E-state index contributed by atoms with van der Waals surface area (Å²) in [4.78, 5) is 0.619. The van der Waals surface area contributed by atoms with Gasteiger partial charge in [0, 0.05) is 15.0 Å². The van der Waals surface area contributed by atoms with Crippen molar-refractivity contribution in [3.05, 3.63) is 44.7 Å². The summed E-state index contributed by atoms with van der Waals surface area (Å²) >= 11 is 4.51. The molecule has 2 aromatic rings. The van der Waals surface area contributed by atoms with Gasteiger partial charge in [-0.1, -0.05) is 15.9 Å². The lowest BCUT2D eigenvalue weighted by Gasteiger charge is -2.10. The van der Waals surface area contributed by atoms with Gasteiger partial charge < -0.3 is 5.11 Å². The van der Waals surface area contributed by atoms with E-state index in [-0.39, 0.29) is 10.8 Å². The van der Waals surface area contributed by atoms with Crippen LogP contribution in [0, 0.1) is 13.8 Å². The summed E-state index contributed by atoms with van der Waals surface area (Å²) in [6.07, 6.45) is 0. The van der Waals surface area contributed by atoms with Gasteiger partial charge in [-0.25, -0.2) is 8.42 Å². The van der Waals surface area contributed by atoms with Crippen molar-refractivity contribution in [1.29, 1.82) is 0 Å². The number of halogens is 1. The van der Waals surface area contributed by atoms with Crippen LogP contribution in [0.5, 0.6) is 0 Å². The molecule has 2 rings (SSSR count). The van der Waals surface area contributed by atoms with Crippen molar-refractivity contribution in [3.8, 4) is 0 Å². The van der Waals surface area contributed by atoms with Crippen LogP contribution < -0.4 is 4.72 Å². The third-order valence-corrected chi connectivity index (χ3v) is 6.94. The van der Waals surface area contributed by atoms with Crippen LogP contribution in [0.4, 0.5) is 5.69 Å². The molecule has 1 aromatic carbocycles. The average Bonchev–Trinajstić information content (AvgIpc) is 2.85. The number of hydrogen-bond donors (Lipinski definition) is 2. The van der Waals surface area contributed by atoms with Gasteiger partial charge in [0.15, 0.2) is 0 Å². The number of anilines is 1. The number of aliphatic hydroxyl groups is 1. The van der Waals surface area contributed by atoms with Gasteiger partial charge in [0.25, 0.3) is 10.0 Å². The lowest BCUT2D eigenvalue weighted by molar-refractivity contribution is 0.285.